The highest BCUT2D eigenvalue weighted by molar-refractivity contribution is 5.80. The molecule has 1 saturated heterocycles. The first-order valence-electron chi connectivity index (χ1n) is 10.4. The lowest BCUT2D eigenvalue weighted by Crippen LogP contribution is -2.43. The van der Waals surface area contributed by atoms with Crippen molar-refractivity contribution in [1.82, 2.24) is 9.88 Å². The maximum atomic E-state index is 13.2. The van der Waals surface area contributed by atoms with Crippen molar-refractivity contribution in [3.63, 3.8) is 0 Å². The Hall–Kier alpha value is -2.54. The van der Waals surface area contributed by atoms with Gasteiger partial charge in [-0.1, -0.05) is 12.1 Å². The van der Waals surface area contributed by atoms with Crippen LogP contribution in [0.4, 0.5) is 0 Å². The van der Waals surface area contributed by atoms with Gasteiger partial charge in [-0.2, -0.15) is 0 Å². The number of carbonyl (C=O) groups is 1. The van der Waals surface area contributed by atoms with Crippen molar-refractivity contribution in [2.75, 3.05) is 33.5 Å². The van der Waals surface area contributed by atoms with E-state index in [2.05, 4.69) is 0 Å². The van der Waals surface area contributed by atoms with Crippen LogP contribution in [0, 0.1) is 5.92 Å². The van der Waals surface area contributed by atoms with Gasteiger partial charge in [0.15, 0.2) is 17.4 Å². The first kappa shape index (κ1) is 18.5. The predicted molar refractivity (Wildman–Crippen MR) is 104 cm³/mol. The zero-order chi connectivity index (χ0) is 19.8. The van der Waals surface area contributed by atoms with E-state index in [1.165, 1.54) is 0 Å². The van der Waals surface area contributed by atoms with E-state index in [1.807, 2.05) is 23.1 Å². The quantitative estimate of drug-likeness (QED) is 0.792. The van der Waals surface area contributed by atoms with Gasteiger partial charge in [0.2, 0.25) is 5.91 Å². The third-order valence-corrected chi connectivity index (χ3v) is 6.15. The summed E-state index contributed by atoms with van der Waals surface area (Å²) in [7, 11) is 1.63. The fraction of sp³-hybridized carbons (Fsp3) is 0.545. The average molecular weight is 398 g/mol. The average Bonchev–Trinajstić information content (AvgIpc) is 3.22. The van der Waals surface area contributed by atoms with Crippen LogP contribution in [-0.4, -0.2) is 49.3 Å². The zero-order valence-corrected chi connectivity index (χ0v) is 16.7. The van der Waals surface area contributed by atoms with Crippen LogP contribution >= 0.6 is 0 Å². The standard InChI is InChI=1S/C22H26N2O5/c1-26-19-4-2-3-15-11-16(13-28-20(15)19)22(25)24-8-5-18-17(12-24)23-21(29-18)14-6-9-27-10-7-14/h2-4,14,16H,5-13H2,1H3. The number of methoxy groups -OCH3 is 1. The van der Waals surface area contributed by atoms with Crippen molar-refractivity contribution in [1.29, 1.82) is 0 Å². The molecular weight excluding hydrogens is 372 g/mol. The van der Waals surface area contributed by atoms with Crippen LogP contribution in [0.2, 0.25) is 0 Å². The Labute approximate surface area is 169 Å². The molecule has 5 rings (SSSR count). The number of carbonyl (C=O) groups excluding carboxylic acids is 1. The minimum Gasteiger partial charge on any atom is -0.493 e. The highest BCUT2D eigenvalue weighted by atomic mass is 16.5. The second-order valence-electron chi connectivity index (χ2n) is 7.98. The topological polar surface area (TPSA) is 74.0 Å². The fourth-order valence-electron chi connectivity index (χ4n) is 4.50. The number of hydrogen-bond donors (Lipinski definition) is 0. The second-order valence-corrected chi connectivity index (χ2v) is 7.98. The van der Waals surface area contributed by atoms with Crippen LogP contribution in [0.15, 0.2) is 22.6 Å². The summed E-state index contributed by atoms with van der Waals surface area (Å²) in [6.45, 7) is 3.08. The molecule has 0 saturated carbocycles. The monoisotopic (exact) mass is 398 g/mol. The van der Waals surface area contributed by atoms with Gasteiger partial charge in [0.1, 0.15) is 18.1 Å². The van der Waals surface area contributed by atoms with Gasteiger partial charge < -0.3 is 23.5 Å². The molecule has 7 heteroatoms. The van der Waals surface area contributed by atoms with Gasteiger partial charge in [-0.05, 0) is 30.9 Å². The summed E-state index contributed by atoms with van der Waals surface area (Å²) < 4.78 is 22.8. The maximum absolute atomic E-state index is 13.2. The Morgan fingerprint density at radius 2 is 2.14 bits per heavy atom. The molecule has 2 aromatic rings. The molecule has 0 radical (unpaired) electrons. The van der Waals surface area contributed by atoms with E-state index in [-0.39, 0.29) is 11.8 Å². The summed E-state index contributed by atoms with van der Waals surface area (Å²) in [6, 6.07) is 5.82. The van der Waals surface area contributed by atoms with Gasteiger partial charge in [0.25, 0.3) is 0 Å². The highest BCUT2D eigenvalue weighted by Gasteiger charge is 2.34. The van der Waals surface area contributed by atoms with E-state index >= 15 is 0 Å². The maximum Gasteiger partial charge on any atom is 0.229 e. The summed E-state index contributed by atoms with van der Waals surface area (Å²) in [4.78, 5) is 19.8. The molecule has 0 bridgehead atoms. The molecule has 1 aromatic carbocycles. The number of amides is 1. The molecule has 1 amide bonds. The molecule has 0 aliphatic carbocycles. The molecule has 7 nitrogen and oxygen atoms in total. The number of hydrogen-bond acceptors (Lipinski definition) is 6. The van der Waals surface area contributed by atoms with Crippen molar-refractivity contribution in [2.45, 2.75) is 38.1 Å². The number of aromatic nitrogens is 1. The molecule has 0 spiro atoms. The molecule has 1 atom stereocenters. The molecular formula is C22H26N2O5. The molecule has 3 aliphatic heterocycles. The molecule has 4 heterocycles. The minimum atomic E-state index is -0.182. The minimum absolute atomic E-state index is 0.125. The number of ether oxygens (including phenoxy) is 3. The van der Waals surface area contributed by atoms with Gasteiger partial charge in [0.05, 0.1) is 19.6 Å². The SMILES string of the molecule is COc1cccc2c1OCC(C(=O)N1CCc3oc(C4CCOCC4)nc3C1)C2. The van der Waals surface area contributed by atoms with E-state index in [9.17, 15) is 4.79 Å². The summed E-state index contributed by atoms with van der Waals surface area (Å²) in [5.74, 6) is 3.51. The third-order valence-electron chi connectivity index (χ3n) is 6.15. The van der Waals surface area contributed by atoms with Crippen LogP contribution in [-0.2, 0) is 28.9 Å². The number of para-hydroxylation sites is 1. The van der Waals surface area contributed by atoms with Gasteiger partial charge in [0, 0.05) is 32.1 Å². The summed E-state index contributed by atoms with van der Waals surface area (Å²) >= 11 is 0. The molecule has 154 valence electrons. The van der Waals surface area contributed by atoms with E-state index in [0.29, 0.717) is 32.0 Å². The summed E-state index contributed by atoms with van der Waals surface area (Å²) in [5, 5.41) is 0. The van der Waals surface area contributed by atoms with Crippen LogP contribution in [0.1, 0.15) is 41.7 Å². The van der Waals surface area contributed by atoms with Crippen LogP contribution in [0.5, 0.6) is 11.5 Å². The fourth-order valence-corrected chi connectivity index (χ4v) is 4.50. The summed E-state index contributed by atoms with van der Waals surface area (Å²) in [5.41, 5.74) is 1.93. The Balaban J connectivity index is 1.28. The van der Waals surface area contributed by atoms with Gasteiger partial charge in [-0.15, -0.1) is 0 Å². The first-order chi connectivity index (χ1) is 14.2. The molecule has 1 fully saturated rings. The van der Waals surface area contributed by atoms with Crippen molar-refractivity contribution < 1.29 is 23.4 Å². The smallest absolute Gasteiger partial charge is 0.229 e. The lowest BCUT2D eigenvalue weighted by Gasteiger charge is -2.32. The molecule has 3 aliphatic rings. The van der Waals surface area contributed by atoms with Crippen LogP contribution < -0.4 is 9.47 Å². The largest absolute Gasteiger partial charge is 0.493 e. The van der Waals surface area contributed by atoms with Crippen molar-refractivity contribution in [3.8, 4) is 11.5 Å². The number of fused-ring (bicyclic) bond motifs is 2. The summed E-state index contributed by atoms with van der Waals surface area (Å²) in [6.07, 6.45) is 3.28. The van der Waals surface area contributed by atoms with E-state index in [4.69, 9.17) is 23.6 Å². The Morgan fingerprint density at radius 3 is 2.97 bits per heavy atom. The molecule has 1 unspecified atom stereocenters. The molecule has 1 aromatic heterocycles. The van der Waals surface area contributed by atoms with Crippen molar-refractivity contribution in [3.05, 3.63) is 41.1 Å². The van der Waals surface area contributed by atoms with E-state index in [0.717, 1.165) is 66.9 Å². The number of benzene rings is 1. The lowest BCUT2D eigenvalue weighted by molar-refractivity contribution is -0.138. The third kappa shape index (κ3) is 3.48. The number of nitrogens with zero attached hydrogens (tertiary/aromatic N) is 2. The Bertz CT molecular complexity index is 903. The normalized spacial score (nSPS) is 21.8. The van der Waals surface area contributed by atoms with Crippen LogP contribution in [0.25, 0.3) is 0 Å². The Morgan fingerprint density at radius 1 is 1.28 bits per heavy atom. The molecule has 0 N–H and O–H groups in total. The number of oxazole rings is 1. The van der Waals surface area contributed by atoms with Crippen LogP contribution in [0.3, 0.4) is 0 Å². The van der Waals surface area contributed by atoms with Gasteiger partial charge >= 0.3 is 0 Å². The lowest BCUT2D eigenvalue weighted by atomic mass is 9.94. The first-order valence-corrected chi connectivity index (χ1v) is 10.4. The molecule has 29 heavy (non-hydrogen) atoms. The highest BCUT2D eigenvalue weighted by Crippen LogP contribution is 2.37. The Kier molecular flexibility index (Phi) is 4.91. The van der Waals surface area contributed by atoms with Crippen molar-refractivity contribution >= 4 is 5.91 Å². The zero-order valence-electron chi connectivity index (χ0n) is 16.7. The van der Waals surface area contributed by atoms with E-state index in [1.54, 1.807) is 7.11 Å². The van der Waals surface area contributed by atoms with Gasteiger partial charge in [-0.3, -0.25) is 4.79 Å². The van der Waals surface area contributed by atoms with Gasteiger partial charge in [-0.25, -0.2) is 4.98 Å². The predicted octanol–water partition coefficient (Wildman–Crippen LogP) is 2.71. The number of rotatable bonds is 3. The van der Waals surface area contributed by atoms with Crippen molar-refractivity contribution in [2.24, 2.45) is 5.92 Å². The second kappa shape index (κ2) is 7.71. The van der Waals surface area contributed by atoms with E-state index < -0.39 is 0 Å².